The molecule has 7 rings (SSSR count). The molecular formula is C46H72. The Morgan fingerprint density at radius 2 is 0.870 bits per heavy atom. The molecule has 0 heterocycles. The van der Waals surface area contributed by atoms with Gasteiger partial charge in [-0.15, -0.1) is 0 Å². The van der Waals surface area contributed by atoms with E-state index in [2.05, 4.69) is 128 Å². The van der Waals surface area contributed by atoms with E-state index in [0.717, 1.165) is 29.6 Å². The maximum Gasteiger partial charge on any atom is -0.00921 e. The van der Waals surface area contributed by atoms with Gasteiger partial charge < -0.3 is 0 Å². The number of hydrogen-bond acceptors (Lipinski definition) is 0. The highest BCUT2D eigenvalue weighted by Crippen LogP contribution is 2.73. The van der Waals surface area contributed by atoms with E-state index in [1.807, 2.05) is 0 Å². The molecular weight excluding hydrogens is 553 g/mol. The summed E-state index contributed by atoms with van der Waals surface area (Å²) in [4.78, 5) is 0. The normalized spacial score (nSPS) is 44.9. The first kappa shape index (κ1) is 33.5. The summed E-state index contributed by atoms with van der Waals surface area (Å²) in [6.07, 6.45) is 21.4. The first-order valence-electron chi connectivity index (χ1n) is 19.8. The molecule has 256 valence electrons. The van der Waals surface area contributed by atoms with Crippen LogP contribution in [-0.2, 0) is 0 Å². The van der Waals surface area contributed by atoms with E-state index in [9.17, 15) is 0 Å². The molecule has 0 saturated heterocycles. The van der Waals surface area contributed by atoms with Crippen molar-refractivity contribution >= 4 is 0 Å². The topological polar surface area (TPSA) is 0 Å². The van der Waals surface area contributed by atoms with E-state index < -0.39 is 0 Å². The van der Waals surface area contributed by atoms with Crippen LogP contribution >= 0.6 is 0 Å². The van der Waals surface area contributed by atoms with Crippen LogP contribution in [0.15, 0.2) is 46.6 Å². The Morgan fingerprint density at radius 3 is 1.22 bits per heavy atom. The lowest BCUT2D eigenvalue weighted by Crippen LogP contribution is -2.41. The second kappa shape index (κ2) is 9.81. The molecule has 0 N–H and O–H groups in total. The summed E-state index contributed by atoms with van der Waals surface area (Å²) in [5.41, 5.74) is 9.15. The van der Waals surface area contributed by atoms with Crippen molar-refractivity contribution in [2.45, 2.75) is 149 Å². The van der Waals surface area contributed by atoms with Crippen LogP contribution in [0.5, 0.6) is 0 Å². The van der Waals surface area contributed by atoms with Gasteiger partial charge in [-0.2, -0.15) is 0 Å². The molecule has 5 fully saturated rings. The van der Waals surface area contributed by atoms with Crippen LogP contribution in [0, 0.1) is 91.2 Å². The van der Waals surface area contributed by atoms with Gasteiger partial charge >= 0.3 is 0 Å². The Balaban J connectivity index is 1.43. The van der Waals surface area contributed by atoms with Gasteiger partial charge in [0.2, 0.25) is 0 Å². The molecule has 0 heteroatoms. The molecule has 0 nitrogen and oxygen atoms in total. The number of hydrogen-bond donors (Lipinski definition) is 0. The predicted octanol–water partition coefficient (Wildman–Crippen LogP) is 13.3. The van der Waals surface area contributed by atoms with Crippen LogP contribution in [0.25, 0.3) is 0 Å². The van der Waals surface area contributed by atoms with Gasteiger partial charge in [0.15, 0.2) is 0 Å². The molecule has 9 atom stereocenters. The minimum atomic E-state index is 0.275. The largest absolute Gasteiger partial charge is 0.0764 e. The first-order valence-corrected chi connectivity index (χ1v) is 19.8. The fourth-order valence-corrected chi connectivity index (χ4v) is 13.4. The van der Waals surface area contributed by atoms with Gasteiger partial charge in [-0.05, 0) is 158 Å². The van der Waals surface area contributed by atoms with Gasteiger partial charge in [-0.3, -0.25) is 0 Å². The lowest BCUT2D eigenvalue weighted by molar-refractivity contribution is 0.0574. The Bertz CT molecular complexity index is 1330. The molecule has 0 spiro atoms. The van der Waals surface area contributed by atoms with E-state index in [1.54, 1.807) is 22.3 Å². The highest BCUT2D eigenvalue weighted by Gasteiger charge is 2.66. The van der Waals surface area contributed by atoms with Crippen LogP contribution in [0.1, 0.15) is 149 Å². The second-order valence-electron chi connectivity index (χ2n) is 23.2. The SMILES string of the molecule is CC1(C)CCC(C)(C)C2=CC3C(C=C21)C1C=C2C(=CC1C3C1(C)C[C@H](C(C)(C)C)C3CC(C(C)(C)C)CC31)C(C)(C)CCC2(C)C. The zero-order valence-electron chi connectivity index (χ0n) is 33.0. The molecule has 46 heavy (non-hydrogen) atoms. The van der Waals surface area contributed by atoms with Crippen molar-refractivity contribution in [3.63, 3.8) is 0 Å². The molecule has 0 aromatic carbocycles. The van der Waals surface area contributed by atoms with E-state index in [1.165, 1.54) is 44.9 Å². The van der Waals surface area contributed by atoms with Gasteiger partial charge in [0.1, 0.15) is 0 Å². The van der Waals surface area contributed by atoms with Crippen molar-refractivity contribution in [3.05, 3.63) is 46.6 Å². The summed E-state index contributed by atoms with van der Waals surface area (Å²) in [5.74, 6) is 6.71. The Hall–Kier alpha value is -1.04. The fraction of sp³-hybridized carbons (Fsp3) is 0.826. The number of fused-ring (bicyclic) bond motifs is 6. The summed E-state index contributed by atoms with van der Waals surface area (Å²) in [7, 11) is 0. The van der Waals surface area contributed by atoms with Crippen LogP contribution in [0.3, 0.4) is 0 Å². The van der Waals surface area contributed by atoms with Crippen LogP contribution in [0.2, 0.25) is 0 Å². The van der Waals surface area contributed by atoms with E-state index >= 15 is 0 Å². The molecule has 0 aromatic rings. The maximum absolute atomic E-state index is 2.96. The smallest absolute Gasteiger partial charge is 0.00921 e. The van der Waals surface area contributed by atoms with Crippen molar-refractivity contribution in [3.8, 4) is 0 Å². The van der Waals surface area contributed by atoms with Gasteiger partial charge in [0.05, 0.1) is 0 Å². The Kier molecular flexibility index (Phi) is 7.13. The van der Waals surface area contributed by atoms with E-state index in [0.29, 0.717) is 39.9 Å². The van der Waals surface area contributed by atoms with Crippen LogP contribution in [0.4, 0.5) is 0 Å². The third-order valence-electron chi connectivity index (χ3n) is 16.6. The van der Waals surface area contributed by atoms with Crippen molar-refractivity contribution < 1.29 is 0 Å². The van der Waals surface area contributed by atoms with Gasteiger partial charge in [0, 0.05) is 0 Å². The highest BCUT2D eigenvalue weighted by molar-refractivity contribution is 5.51. The van der Waals surface area contributed by atoms with E-state index in [4.69, 9.17) is 0 Å². The Morgan fingerprint density at radius 1 is 0.500 bits per heavy atom. The summed E-state index contributed by atoms with van der Waals surface area (Å²) in [6.45, 7) is 38.7. The first-order chi connectivity index (χ1) is 20.9. The minimum Gasteiger partial charge on any atom is -0.0764 e. The summed E-state index contributed by atoms with van der Waals surface area (Å²) < 4.78 is 0. The molecule has 0 aliphatic heterocycles. The standard InChI is InChI=1S/C46H72/c1-40(2,3)27-20-32-33(21-27)46(15,26-38(32)41(4,5)6)39-30-24-36-34(42(7,8)16-18-44(36,11)12)22-28(30)29-23-35-37(25-31(29)39)45(13,14)19-17-43(35,9)10/h22-25,27-33,38-39H,16-21,26H2,1-15H3/t27?,28?,29?,30?,31?,32?,33?,38-,39?,46?/m0/s1. The summed E-state index contributed by atoms with van der Waals surface area (Å²) in [6, 6.07) is 0. The lowest BCUT2D eigenvalue weighted by Gasteiger charge is -2.50. The molecule has 0 radical (unpaired) electrons. The molecule has 7 aliphatic carbocycles. The van der Waals surface area contributed by atoms with E-state index in [-0.39, 0.29) is 21.7 Å². The third kappa shape index (κ3) is 4.77. The Labute approximate surface area is 285 Å². The fourth-order valence-electron chi connectivity index (χ4n) is 13.4. The van der Waals surface area contributed by atoms with Crippen molar-refractivity contribution in [1.82, 2.24) is 0 Å². The summed E-state index contributed by atoms with van der Waals surface area (Å²) in [5, 5.41) is 0. The molecule has 0 bridgehead atoms. The lowest BCUT2D eigenvalue weighted by atomic mass is 9.55. The maximum atomic E-state index is 2.96. The van der Waals surface area contributed by atoms with Gasteiger partial charge in [-0.25, -0.2) is 0 Å². The molecule has 8 unspecified atom stereocenters. The molecule has 0 aromatic heterocycles. The quantitative estimate of drug-likeness (QED) is 0.272. The predicted molar refractivity (Wildman–Crippen MR) is 198 cm³/mol. The van der Waals surface area contributed by atoms with Crippen molar-refractivity contribution in [1.29, 1.82) is 0 Å². The zero-order valence-corrected chi connectivity index (χ0v) is 33.0. The second-order valence-corrected chi connectivity index (χ2v) is 23.2. The van der Waals surface area contributed by atoms with Gasteiger partial charge in [-0.1, -0.05) is 128 Å². The van der Waals surface area contributed by atoms with Gasteiger partial charge in [0.25, 0.3) is 0 Å². The monoisotopic (exact) mass is 625 g/mol. The third-order valence-corrected chi connectivity index (χ3v) is 16.6. The van der Waals surface area contributed by atoms with Crippen LogP contribution < -0.4 is 0 Å². The number of allylic oxidation sites excluding steroid dienone is 8. The molecule has 0 amide bonds. The van der Waals surface area contributed by atoms with Crippen molar-refractivity contribution in [2.75, 3.05) is 0 Å². The average molecular weight is 625 g/mol. The van der Waals surface area contributed by atoms with Crippen molar-refractivity contribution in [2.24, 2.45) is 91.2 Å². The highest BCUT2D eigenvalue weighted by atomic mass is 14.7. The zero-order chi connectivity index (χ0) is 33.8. The number of rotatable bonds is 1. The minimum absolute atomic E-state index is 0.275. The summed E-state index contributed by atoms with van der Waals surface area (Å²) >= 11 is 0. The molecule has 5 saturated carbocycles. The van der Waals surface area contributed by atoms with Crippen LogP contribution in [-0.4, -0.2) is 0 Å². The average Bonchev–Trinajstić information content (AvgIpc) is 3.58. The molecule has 7 aliphatic rings.